The lowest BCUT2D eigenvalue weighted by Crippen LogP contribution is -2.15. The molecule has 0 unspecified atom stereocenters. The van der Waals surface area contributed by atoms with E-state index in [0.29, 0.717) is 0 Å². The number of aromatic nitrogens is 2. The summed E-state index contributed by atoms with van der Waals surface area (Å²) in [4.78, 5) is 18.7. The van der Waals surface area contributed by atoms with Crippen LogP contribution in [0.2, 0.25) is 0 Å². The third kappa shape index (κ3) is 1.47. The van der Waals surface area contributed by atoms with Gasteiger partial charge in [0.25, 0.3) is 0 Å². The van der Waals surface area contributed by atoms with Gasteiger partial charge in [-0.2, -0.15) is 0 Å². The number of hydrogen-bond acceptors (Lipinski definition) is 3. The van der Waals surface area contributed by atoms with Gasteiger partial charge in [0.1, 0.15) is 6.33 Å². The van der Waals surface area contributed by atoms with E-state index in [9.17, 15) is 4.79 Å². The zero-order valence-corrected chi connectivity index (χ0v) is 8.03. The third-order valence-electron chi connectivity index (χ3n) is 2.83. The maximum atomic E-state index is 10.7. The summed E-state index contributed by atoms with van der Waals surface area (Å²) in [7, 11) is 0. The summed E-state index contributed by atoms with van der Waals surface area (Å²) in [5.74, 6) is -0.745. The Morgan fingerprint density at radius 3 is 2.86 bits per heavy atom. The quantitative estimate of drug-likeness (QED) is 0.783. The second kappa shape index (κ2) is 3.04. The van der Waals surface area contributed by atoms with Crippen LogP contribution in [0.4, 0.5) is 0 Å². The molecule has 1 saturated carbocycles. The van der Waals surface area contributed by atoms with Crippen LogP contribution >= 0.6 is 0 Å². The molecule has 1 fully saturated rings. The Hall–Kier alpha value is -1.45. The monoisotopic (exact) mass is 192 g/mol. The molecule has 0 aliphatic heterocycles. The number of aliphatic carboxylic acids is 1. The van der Waals surface area contributed by atoms with E-state index < -0.39 is 5.97 Å². The summed E-state index contributed by atoms with van der Waals surface area (Å²) >= 11 is 0. The van der Waals surface area contributed by atoms with Gasteiger partial charge in [0.15, 0.2) is 0 Å². The molecule has 4 nitrogen and oxygen atoms in total. The Labute approximate surface area is 82.0 Å². The largest absolute Gasteiger partial charge is 0.481 e. The molecule has 14 heavy (non-hydrogen) atoms. The summed E-state index contributed by atoms with van der Waals surface area (Å²) in [5, 5.41) is 8.80. The molecule has 0 amide bonds. The number of carbonyl (C=O) groups is 1. The van der Waals surface area contributed by atoms with Gasteiger partial charge in [0.2, 0.25) is 0 Å². The van der Waals surface area contributed by atoms with Crippen LogP contribution in [0.5, 0.6) is 0 Å². The molecule has 1 heterocycles. The summed E-state index contributed by atoms with van der Waals surface area (Å²) in [6.07, 6.45) is 5.32. The van der Waals surface area contributed by atoms with Crippen molar-refractivity contribution in [3.8, 4) is 0 Å². The van der Waals surface area contributed by atoms with Crippen LogP contribution in [0.3, 0.4) is 0 Å². The Morgan fingerprint density at radius 2 is 2.36 bits per heavy atom. The topological polar surface area (TPSA) is 63.1 Å². The van der Waals surface area contributed by atoms with Gasteiger partial charge in [-0.05, 0) is 25.3 Å². The van der Waals surface area contributed by atoms with E-state index in [1.54, 1.807) is 6.20 Å². The van der Waals surface area contributed by atoms with E-state index in [4.69, 9.17) is 5.11 Å². The summed E-state index contributed by atoms with van der Waals surface area (Å²) in [6, 6.07) is 0. The number of carboxylic acid groups (broad SMARTS) is 1. The van der Waals surface area contributed by atoms with E-state index in [1.165, 1.54) is 6.33 Å². The minimum absolute atomic E-state index is 0.169. The lowest BCUT2D eigenvalue weighted by molar-refractivity contribution is -0.137. The Balaban J connectivity index is 2.31. The highest BCUT2D eigenvalue weighted by atomic mass is 16.4. The standard InChI is InChI=1S/C10H12N2O2/c1-7-8(5-11-6-12-7)10(2-3-10)4-9(13)14/h5-6H,2-4H2,1H3,(H,13,14). The first-order chi connectivity index (χ1) is 6.64. The number of aryl methyl sites for hydroxylation is 1. The second-order valence-electron chi connectivity index (χ2n) is 3.87. The predicted octanol–water partition coefficient (Wildman–Crippen LogP) is 1.29. The highest BCUT2D eigenvalue weighted by Gasteiger charge is 2.47. The van der Waals surface area contributed by atoms with E-state index in [-0.39, 0.29) is 11.8 Å². The highest BCUT2D eigenvalue weighted by Crippen LogP contribution is 2.51. The van der Waals surface area contributed by atoms with Gasteiger partial charge in [-0.15, -0.1) is 0 Å². The summed E-state index contributed by atoms with van der Waals surface area (Å²) < 4.78 is 0. The number of rotatable bonds is 3. The first-order valence-corrected chi connectivity index (χ1v) is 4.63. The fraction of sp³-hybridized carbons (Fsp3) is 0.500. The zero-order chi connectivity index (χ0) is 10.2. The molecule has 2 rings (SSSR count). The first kappa shape index (κ1) is 9.12. The highest BCUT2D eigenvalue weighted by molar-refractivity contribution is 5.70. The number of carboxylic acids is 1. The van der Waals surface area contributed by atoms with Crippen LogP contribution in [-0.2, 0) is 10.2 Å². The third-order valence-corrected chi connectivity index (χ3v) is 2.83. The van der Waals surface area contributed by atoms with Crippen LogP contribution in [0.1, 0.15) is 30.5 Å². The van der Waals surface area contributed by atoms with Crippen molar-refractivity contribution in [3.63, 3.8) is 0 Å². The normalized spacial score (nSPS) is 17.8. The molecule has 0 spiro atoms. The van der Waals surface area contributed by atoms with Gasteiger partial charge in [-0.3, -0.25) is 4.79 Å². The van der Waals surface area contributed by atoms with E-state index >= 15 is 0 Å². The first-order valence-electron chi connectivity index (χ1n) is 4.63. The van der Waals surface area contributed by atoms with Crippen molar-refractivity contribution in [1.82, 2.24) is 9.97 Å². The molecule has 1 N–H and O–H groups in total. The molecule has 0 atom stereocenters. The van der Waals surface area contributed by atoms with Crippen LogP contribution < -0.4 is 0 Å². The molecule has 0 radical (unpaired) electrons. The molecular weight excluding hydrogens is 180 g/mol. The maximum Gasteiger partial charge on any atom is 0.304 e. The molecule has 0 bridgehead atoms. The maximum absolute atomic E-state index is 10.7. The molecule has 4 heteroatoms. The van der Waals surface area contributed by atoms with Crippen LogP contribution in [-0.4, -0.2) is 21.0 Å². The lowest BCUT2D eigenvalue weighted by atomic mass is 9.93. The van der Waals surface area contributed by atoms with Crippen molar-refractivity contribution >= 4 is 5.97 Å². The van der Waals surface area contributed by atoms with Crippen molar-refractivity contribution in [2.75, 3.05) is 0 Å². The van der Waals surface area contributed by atoms with Crippen molar-refractivity contribution in [3.05, 3.63) is 23.8 Å². The Morgan fingerprint density at radius 1 is 1.64 bits per heavy atom. The molecule has 1 aliphatic rings. The van der Waals surface area contributed by atoms with E-state index in [1.807, 2.05) is 6.92 Å². The van der Waals surface area contributed by atoms with Crippen molar-refractivity contribution in [2.24, 2.45) is 0 Å². The molecule has 1 aromatic heterocycles. The Kier molecular flexibility index (Phi) is 1.98. The minimum atomic E-state index is -0.745. The van der Waals surface area contributed by atoms with Gasteiger partial charge in [0, 0.05) is 17.3 Å². The molecule has 0 aromatic carbocycles. The van der Waals surface area contributed by atoms with Gasteiger partial charge >= 0.3 is 5.97 Å². The van der Waals surface area contributed by atoms with Gasteiger partial charge < -0.3 is 5.11 Å². The van der Waals surface area contributed by atoms with Crippen LogP contribution in [0.15, 0.2) is 12.5 Å². The van der Waals surface area contributed by atoms with Gasteiger partial charge in [0.05, 0.1) is 6.42 Å². The average Bonchev–Trinajstić information content (AvgIpc) is 2.85. The smallest absolute Gasteiger partial charge is 0.304 e. The van der Waals surface area contributed by atoms with Crippen LogP contribution in [0.25, 0.3) is 0 Å². The van der Waals surface area contributed by atoms with Gasteiger partial charge in [-0.1, -0.05) is 0 Å². The fourth-order valence-electron chi connectivity index (χ4n) is 1.89. The summed E-state index contributed by atoms with van der Waals surface area (Å²) in [6.45, 7) is 1.90. The fourth-order valence-corrected chi connectivity index (χ4v) is 1.89. The number of nitrogens with zero attached hydrogens (tertiary/aromatic N) is 2. The lowest BCUT2D eigenvalue weighted by Gasteiger charge is -2.13. The van der Waals surface area contributed by atoms with Crippen LogP contribution in [0, 0.1) is 6.92 Å². The van der Waals surface area contributed by atoms with Crippen molar-refractivity contribution in [1.29, 1.82) is 0 Å². The van der Waals surface area contributed by atoms with Gasteiger partial charge in [-0.25, -0.2) is 9.97 Å². The van der Waals surface area contributed by atoms with E-state index in [2.05, 4.69) is 9.97 Å². The molecule has 74 valence electrons. The molecule has 1 aliphatic carbocycles. The number of hydrogen-bond donors (Lipinski definition) is 1. The Bertz CT molecular complexity index is 372. The SMILES string of the molecule is Cc1ncncc1C1(CC(=O)O)CC1. The predicted molar refractivity (Wildman–Crippen MR) is 49.9 cm³/mol. The zero-order valence-electron chi connectivity index (χ0n) is 8.03. The van der Waals surface area contributed by atoms with E-state index in [0.717, 1.165) is 24.1 Å². The molecular formula is C10H12N2O2. The average molecular weight is 192 g/mol. The van der Waals surface area contributed by atoms with Crippen molar-refractivity contribution < 1.29 is 9.90 Å². The van der Waals surface area contributed by atoms with Crippen molar-refractivity contribution in [2.45, 2.75) is 31.6 Å². The molecule has 1 aromatic rings. The molecule has 0 saturated heterocycles. The minimum Gasteiger partial charge on any atom is -0.481 e. The second-order valence-corrected chi connectivity index (χ2v) is 3.87. The summed E-state index contributed by atoms with van der Waals surface area (Å²) in [5.41, 5.74) is 1.73.